The van der Waals surface area contributed by atoms with Crippen LogP contribution in [0.4, 0.5) is 8.78 Å². The summed E-state index contributed by atoms with van der Waals surface area (Å²) in [5.74, 6) is -0.296. The van der Waals surface area contributed by atoms with Crippen molar-refractivity contribution in [1.29, 1.82) is 0 Å². The summed E-state index contributed by atoms with van der Waals surface area (Å²) < 4.78 is 26.8. The van der Waals surface area contributed by atoms with Gasteiger partial charge in [0.2, 0.25) is 0 Å². The molecule has 2 rings (SSSR count). The van der Waals surface area contributed by atoms with Crippen LogP contribution in [0.1, 0.15) is 55.7 Å². The first-order valence-corrected chi connectivity index (χ1v) is 10.6. The molecule has 1 heterocycles. The molecule has 0 saturated carbocycles. The zero-order chi connectivity index (χ0) is 23.1. The Balaban J connectivity index is 0.000000375. The van der Waals surface area contributed by atoms with E-state index in [1.807, 2.05) is 26.8 Å². The van der Waals surface area contributed by atoms with Crippen molar-refractivity contribution in [2.45, 2.75) is 51.2 Å². The SMILES string of the molecule is C=C(N)S[C@@](C)(CF)CC(C)(C)c1cc(C)ccc1F.CC(=O)c1ccc(Cl)cn1. The van der Waals surface area contributed by atoms with Gasteiger partial charge in [-0.3, -0.25) is 9.78 Å². The molecule has 3 nitrogen and oxygen atoms in total. The van der Waals surface area contributed by atoms with E-state index in [9.17, 15) is 13.6 Å². The summed E-state index contributed by atoms with van der Waals surface area (Å²) in [6.07, 6.45) is 1.93. The highest BCUT2D eigenvalue weighted by atomic mass is 35.5. The number of hydrogen-bond acceptors (Lipinski definition) is 4. The molecule has 1 aromatic carbocycles. The largest absolute Gasteiger partial charge is 0.394 e. The van der Waals surface area contributed by atoms with E-state index in [-0.39, 0.29) is 11.6 Å². The number of thioether (sulfide) groups is 1. The Labute approximate surface area is 187 Å². The lowest BCUT2D eigenvalue weighted by Gasteiger charge is -2.36. The molecule has 0 aliphatic rings. The molecule has 0 saturated heterocycles. The second-order valence-electron chi connectivity index (χ2n) is 8.11. The maximum atomic E-state index is 14.1. The molecule has 0 amide bonds. The van der Waals surface area contributed by atoms with Gasteiger partial charge in [0, 0.05) is 17.9 Å². The van der Waals surface area contributed by atoms with E-state index in [0.717, 1.165) is 5.56 Å². The minimum atomic E-state index is -0.703. The van der Waals surface area contributed by atoms with Crippen LogP contribution in [-0.4, -0.2) is 22.2 Å². The number of carbonyl (C=O) groups is 1. The molecule has 0 radical (unpaired) electrons. The van der Waals surface area contributed by atoms with Crippen LogP contribution in [0.3, 0.4) is 0 Å². The second kappa shape index (κ2) is 10.9. The van der Waals surface area contributed by atoms with E-state index in [4.69, 9.17) is 17.3 Å². The van der Waals surface area contributed by atoms with Crippen molar-refractivity contribution >= 4 is 29.1 Å². The fourth-order valence-electron chi connectivity index (χ4n) is 3.20. The third-order valence-corrected chi connectivity index (χ3v) is 5.65. The number of nitrogens with zero attached hydrogens (tertiary/aromatic N) is 1. The zero-order valence-electron chi connectivity index (χ0n) is 18.1. The Kier molecular flexibility index (Phi) is 9.50. The van der Waals surface area contributed by atoms with Crippen LogP contribution < -0.4 is 5.73 Å². The smallest absolute Gasteiger partial charge is 0.178 e. The Morgan fingerprint density at radius 2 is 1.90 bits per heavy atom. The van der Waals surface area contributed by atoms with Gasteiger partial charge in [0.05, 0.1) is 10.1 Å². The molecule has 164 valence electrons. The summed E-state index contributed by atoms with van der Waals surface area (Å²) in [5, 5.41) is 0.927. The van der Waals surface area contributed by atoms with Gasteiger partial charge < -0.3 is 5.73 Å². The van der Waals surface area contributed by atoms with Gasteiger partial charge in [-0.2, -0.15) is 0 Å². The lowest BCUT2D eigenvalue weighted by molar-refractivity contribution is 0.101. The Hall–Kier alpha value is -1.92. The third kappa shape index (κ3) is 8.07. The number of aromatic nitrogens is 1. The number of hydrogen-bond donors (Lipinski definition) is 1. The van der Waals surface area contributed by atoms with Gasteiger partial charge >= 0.3 is 0 Å². The van der Waals surface area contributed by atoms with Gasteiger partial charge in [-0.15, -0.1) is 11.8 Å². The molecule has 30 heavy (non-hydrogen) atoms. The first-order chi connectivity index (χ1) is 13.8. The summed E-state index contributed by atoms with van der Waals surface area (Å²) in [5.41, 5.74) is 7.16. The molecule has 2 aromatic rings. The van der Waals surface area contributed by atoms with Crippen molar-refractivity contribution < 1.29 is 13.6 Å². The van der Waals surface area contributed by atoms with Crippen LogP contribution >= 0.6 is 23.4 Å². The molecule has 0 aliphatic carbocycles. The molecule has 0 aliphatic heterocycles. The van der Waals surface area contributed by atoms with Crippen LogP contribution in [0, 0.1) is 12.7 Å². The number of aryl methyl sites for hydroxylation is 1. The molecule has 0 unspecified atom stereocenters. The highest BCUT2D eigenvalue weighted by Crippen LogP contribution is 2.42. The number of nitrogens with two attached hydrogens (primary N) is 1. The number of rotatable bonds is 7. The number of Topliss-reactive ketones (excluding diaryl/α,β-unsaturated/α-hetero) is 1. The van der Waals surface area contributed by atoms with Crippen molar-refractivity contribution in [2.24, 2.45) is 5.73 Å². The molecule has 0 spiro atoms. The third-order valence-electron chi connectivity index (χ3n) is 4.42. The van der Waals surface area contributed by atoms with Crippen LogP contribution in [0.5, 0.6) is 0 Å². The van der Waals surface area contributed by atoms with Gasteiger partial charge in [0.25, 0.3) is 0 Å². The summed E-state index contributed by atoms with van der Waals surface area (Å²) in [4.78, 5) is 14.4. The Morgan fingerprint density at radius 1 is 1.27 bits per heavy atom. The summed E-state index contributed by atoms with van der Waals surface area (Å²) in [6, 6.07) is 8.28. The van der Waals surface area contributed by atoms with E-state index >= 15 is 0 Å². The average Bonchev–Trinajstić information content (AvgIpc) is 2.63. The van der Waals surface area contributed by atoms with Crippen LogP contribution in [-0.2, 0) is 5.41 Å². The maximum absolute atomic E-state index is 14.1. The summed E-state index contributed by atoms with van der Waals surface area (Å²) >= 11 is 6.76. The first-order valence-electron chi connectivity index (χ1n) is 9.38. The number of halogens is 3. The average molecular weight is 455 g/mol. The number of pyridine rings is 1. The Morgan fingerprint density at radius 3 is 2.37 bits per heavy atom. The van der Waals surface area contributed by atoms with Gasteiger partial charge in [0.1, 0.15) is 18.2 Å². The van der Waals surface area contributed by atoms with Crippen LogP contribution in [0.15, 0.2) is 48.1 Å². The lowest BCUT2D eigenvalue weighted by atomic mass is 9.76. The monoisotopic (exact) mass is 454 g/mol. The predicted octanol–water partition coefficient (Wildman–Crippen LogP) is 6.63. The molecular formula is C23H29ClF2N2OS. The fourth-order valence-corrected chi connectivity index (χ4v) is 4.43. The quantitative estimate of drug-likeness (QED) is 0.477. The van der Waals surface area contributed by atoms with Crippen molar-refractivity contribution in [3.05, 3.63) is 75.8 Å². The molecule has 1 atom stereocenters. The van der Waals surface area contributed by atoms with Gasteiger partial charge in [0.15, 0.2) is 5.78 Å². The highest BCUT2D eigenvalue weighted by Gasteiger charge is 2.36. The van der Waals surface area contributed by atoms with Crippen LogP contribution in [0.25, 0.3) is 0 Å². The summed E-state index contributed by atoms with van der Waals surface area (Å²) in [6.45, 7) is 12.1. The maximum Gasteiger partial charge on any atom is 0.178 e. The normalized spacial score (nSPS) is 13.1. The van der Waals surface area contributed by atoms with E-state index in [1.165, 1.54) is 30.9 Å². The minimum Gasteiger partial charge on any atom is -0.394 e. The summed E-state index contributed by atoms with van der Waals surface area (Å²) in [7, 11) is 0. The van der Waals surface area contributed by atoms with Gasteiger partial charge in [-0.05, 0) is 49.4 Å². The van der Waals surface area contributed by atoms with Crippen molar-refractivity contribution in [3.8, 4) is 0 Å². The van der Waals surface area contributed by atoms with Crippen LogP contribution in [0.2, 0.25) is 5.02 Å². The minimum absolute atomic E-state index is 0.0448. The standard InChI is InChI=1S/C16H23F2NS.C7H6ClNO/c1-11-6-7-14(18)13(8-11)15(3,4)9-16(5,10-17)20-12(2)19;1-5(10)7-3-2-6(8)4-9-7/h6-8H,2,9-10,19H2,1,3-5H3;2-4H,1H3/t16-;/m1./s1. The molecule has 1 aromatic heterocycles. The Bertz CT molecular complexity index is 887. The van der Waals surface area contributed by atoms with E-state index in [1.54, 1.807) is 25.1 Å². The molecule has 0 fully saturated rings. The predicted molar refractivity (Wildman–Crippen MR) is 123 cm³/mol. The topological polar surface area (TPSA) is 56.0 Å². The van der Waals surface area contributed by atoms with Gasteiger partial charge in [-0.25, -0.2) is 8.78 Å². The number of carbonyl (C=O) groups excluding carboxylic acids is 1. The number of ketones is 1. The van der Waals surface area contributed by atoms with E-state index in [0.29, 0.717) is 27.7 Å². The van der Waals surface area contributed by atoms with Crippen molar-refractivity contribution in [2.75, 3.05) is 6.67 Å². The first kappa shape index (κ1) is 26.1. The van der Waals surface area contributed by atoms with E-state index in [2.05, 4.69) is 11.6 Å². The van der Waals surface area contributed by atoms with E-state index < -0.39 is 16.8 Å². The van der Waals surface area contributed by atoms with Crippen molar-refractivity contribution in [1.82, 2.24) is 4.98 Å². The fraction of sp³-hybridized carbons (Fsp3) is 0.391. The zero-order valence-corrected chi connectivity index (χ0v) is 19.6. The lowest BCUT2D eigenvalue weighted by Crippen LogP contribution is -2.34. The highest BCUT2D eigenvalue weighted by molar-refractivity contribution is 8.04. The van der Waals surface area contributed by atoms with Crippen molar-refractivity contribution in [3.63, 3.8) is 0 Å². The molecular weight excluding hydrogens is 426 g/mol. The number of benzene rings is 1. The molecule has 0 bridgehead atoms. The number of alkyl halides is 1. The van der Waals surface area contributed by atoms with Gasteiger partial charge in [-0.1, -0.05) is 49.7 Å². The molecule has 7 heteroatoms. The molecule has 2 N–H and O–H groups in total. The second-order valence-corrected chi connectivity index (χ2v) is 10.3.